The summed E-state index contributed by atoms with van der Waals surface area (Å²) in [5.41, 5.74) is 0.719. The Morgan fingerprint density at radius 3 is 2.69 bits per heavy atom. The molecule has 0 radical (unpaired) electrons. The van der Waals surface area contributed by atoms with Gasteiger partial charge in [0.15, 0.2) is 0 Å². The Balaban J connectivity index is 2.15. The molecule has 5 heteroatoms. The van der Waals surface area contributed by atoms with Crippen molar-refractivity contribution >= 4 is 0 Å². The van der Waals surface area contributed by atoms with Crippen LogP contribution in [0.3, 0.4) is 0 Å². The number of aromatic nitrogens is 2. The van der Waals surface area contributed by atoms with E-state index in [1.54, 1.807) is 12.1 Å². The molecule has 0 amide bonds. The lowest BCUT2D eigenvalue weighted by Crippen LogP contribution is -2.11. The fraction of sp³-hybridized carbons (Fsp3) is 0.273. The summed E-state index contributed by atoms with van der Waals surface area (Å²) in [6.07, 6.45) is 0. The van der Waals surface area contributed by atoms with E-state index in [1.807, 2.05) is 6.92 Å². The molecular weight excluding hydrogens is 209 g/mol. The molecule has 1 heterocycles. The van der Waals surface area contributed by atoms with Crippen molar-refractivity contribution in [2.75, 3.05) is 6.54 Å². The first-order chi connectivity index (χ1) is 7.79. The number of benzene rings is 1. The van der Waals surface area contributed by atoms with Crippen molar-refractivity contribution in [3.63, 3.8) is 0 Å². The average molecular weight is 221 g/mol. The Labute approximate surface area is 92.5 Å². The van der Waals surface area contributed by atoms with Crippen LogP contribution in [0.15, 0.2) is 28.7 Å². The largest absolute Gasteiger partial charge is 0.419 e. The zero-order chi connectivity index (χ0) is 11.4. The summed E-state index contributed by atoms with van der Waals surface area (Å²) in [6.45, 7) is 3.39. The molecule has 1 aromatic carbocycles. The molecule has 0 atom stereocenters. The fourth-order valence-electron chi connectivity index (χ4n) is 1.27. The predicted octanol–water partition coefficient (Wildman–Crippen LogP) is 1.99. The van der Waals surface area contributed by atoms with Gasteiger partial charge in [0.25, 0.3) is 0 Å². The van der Waals surface area contributed by atoms with Crippen molar-refractivity contribution in [3.8, 4) is 11.5 Å². The second-order valence-corrected chi connectivity index (χ2v) is 3.29. The highest BCUT2D eigenvalue weighted by molar-refractivity contribution is 5.51. The van der Waals surface area contributed by atoms with Crippen molar-refractivity contribution in [2.24, 2.45) is 0 Å². The van der Waals surface area contributed by atoms with Crippen LogP contribution in [0.5, 0.6) is 0 Å². The van der Waals surface area contributed by atoms with E-state index in [0.717, 1.165) is 12.1 Å². The van der Waals surface area contributed by atoms with Gasteiger partial charge >= 0.3 is 0 Å². The number of nitrogens with zero attached hydrogens (tertiary/aromatic N) is 2. The standard InChI is InChI=1S/C11H12FN3O/c1-2-13-7-10-14-15-11(16-10)8-3-5-9(12)6-4-8/h3-6,13H,2,7H2,1H3. The van der Waals surface area contributed by atoms with Crippen LogP contribution in [0, 0.1) is 5.82 Å². The molecule has 4 nitrogen and oxygen atoms in total. The van der Waals surface area contributed by atoms with Gasteiger partial charge in [0, 0.05) is 5.56 Å². The predicted molar refractivity (Wildman–Crippen MR) is 57.1 cm³/mol. The number of halogens is 1. The maximum Gasteiger partial charge on any atom is 0.247 e. The number of rotatable bonds is 4. The van der Waals surface area contributed by atoms with Crippen molar-refractivity contribution < 1.29 is 8.81 Å². The summed E-state index contributed by atoms with van der Waals surface area (Å²) in [7, 11) is 0. The monoisotopic (exact) mass is 221 g/mol. The molecule has 0 aliphatic rings. The Bertz CT molecular complexity index is 453. The van der Waals surface area contributed by atoms with Crippen LogP contribution in [-0.4, -0.2) is 16.7 Å². The van der Waals surface area contributed by atoms with Gasteiger partial charge in [-0.05, 0) is 30.8 Å². The highest BCUT2D eigenvalue weighted by Gasteiger charge is 2.07. The summed E-state index contributed by atoms with van der Waals surface area (Å²) >= 11 is 0. The lowest BCUT2D eigenvalue weighted by atomic mass is 10.2. The quantitative estimate of drug-likeness (QED) is 0.857. The normalized spacial score (nSPS) is 10.6. The second-order valence-electron chi connectivity index (χ2n) is 3.29. The molecule has 0 fully saturated rings. The van der Waals surface area contributed by atoms with Gasteiger partial charge in [-0.15, -0.1) is 10.2 Å². The maximum atomic E-state index is 12.7. The molecule has 0 bridgehead atoms. The van der Waals surface area contributed by atoms with E-state index in [1.165, 1.54) is 12.1 Å². The summed E-state index contributed by atoms with van der Waals surface area (Å²) in [6, 6.07) is 5.95. The third-order valence-corrected chi connectivity index (χ3v) is 2.08. The summed E-state index contributed by atoms with van der Waals surface area (Å²) in [5.74, 6) is 0.658. The molecular formula is C11H12FN3O. The minimum absolute atomic E-state index is 0.281. The van der Waals surface area contributed by atoms with Crippen LogP contribution < -0.4 is 5.32 Å². The first kappa shape index (κ1) is 10.8. The van der Waals surface area contributed by atoms with Crippen LogP contribution in [-0.2, 0) is 6.54 Å². The zero-order valence-corrected chi connectivity index (χ0v) is 8.90. The van der Waals surface area contributed by atoms with Gasteiger partial charge in [-0.1, -0.05) is 6.92 Å². The van der Waals surface area contributed by atoms with Crippen LogP contribution in [0.25, 0.3) is 11.5 Å². The molecule has 16 heavy (non-hydrogen) atoms. The SMILES string of the molecule is CCNCc1nnc(-c2ccc(F)cc2)o1. The van der Waals surface area contributed by atoms with Crippen LogP contribution in [0.2, 0.25) is 0 Å². The van der Waals surface area contributed by atoms with E-state index in [4.69, 9.17) is 4.42 Å². The Morgan fingerprint density at radius 1 is 1.25 bits per heavy atom. The number of hydrogen-bond donors (Lipinski definition) is 1. The molecule has 0 unspecified atom stereocenters. The molecule has 0 aliphatic carbocycles. The van der Waals surface area contributed by atoms with Crippen molar-refractivity contribution in [2.45, 2.75) is 13.5 Å². The topological polar surface area (TPSA) is 51.0 Å². The van der Waals surface area contributed by atoms with E-state index in [2.05, 4.69) is 15.5 Å². The first-order valence-electron chi connectivity index (χ1n) is 5.08. The van der Waals surface area contributed by atoms with Gasteiger partial charge in [-0.3, -0.25) is 0 Å². The maximum absolute atomic E-state index is 12.7. The van der Waals surface area contributed by atoms with E-state index >= 15 is 0 Å². The minimum atomic E-state index is -0.281. The van der Waals surface area contributed by atoms with E-state index in [0.29, 0.717) is 18.3 Å². The molecule has 0 saturated carbocycles. The Kier molecular flexibility index (Phi) is 3.26. The highest BCUT2D eigenvalue weighted by Crippen LogP contribution is 2.17. The molecule has 84 valence electrons. The number of hydrogen-bond acceptors (Lipinski definition) is 4. The Morgan fingerprint density at radius 2 is 2.00 bits per heavy atom. The lowest BCUT2D eigenvalue weighted by molar-refractivity contribution is 0.482. The second kappa shape index (κ2) is 4.85. The van der Waals surface area contributed by atoms with Crippen LogP contribution in [0.4, 0.5) is 4.39 Å². The number of nitrogens with one attached hydrogen (secondary N) is 1. The van der Waals surface area contributed by atoms with Gasteiger partial charge in [-0.2, -0.15) is 0 Å². The highest BCUT2D eigenvalue weighted by atomic mass is 19.1. The summed E-state index contributed by atoms with van der Waals surface area (Å²) in [5, 5.41) is 10.9. The van der Waals surface area contributed by atoms with E-state index in [-0.39, 0.29) is 5.82 Å². The van der Waals surface area contributed by atoms with E-state index in [9.17, 15) is 4.39 Å². The van der Waals surface area contributed by atoms with Gasteiger partial charge in [-0.25, -0.2) is 4.39 Å². The molecule has 0 aliphatic heterocycles. The Hall–Kier alpha value is -1.75. The molecule has 1 N–H and O–H groups in total. The lowest BCUT2D eigenvalue weighted by Gasteiger charge is -1.95. The van der Waals surface area contributed by atoms with Crippen molar-refractivity contribution in [1.82, 2.24) is 15.5 Å². The molecule has 1 aromatic heterocycles. The zero-order valence-electron chi connectivity index (χ0n) is 8.90. The van der Waals surface area contributed by atoms with E-state index < -0.39 is 0 Å². The molecule has 2 rings (SSSR count). The fourth-order valence-corrected chi connectivity index (χ4v) is 1.27. The first-order valence-corrected chi connectivity index (χ1v) is 5.08. The smallest absolute Gasteiger partial charge is 0.247 e. The van der Waals surface area contributed by atoms with Gasteiger partial charge in [0.1, 0.15) is 5.82 Å². The minimum Gasteiger partial charge on any atom is -0.419 e. The molecule has 0 saturated heterocycles. The average Bonchev–Trinajstić information content (AvgIpc) is 2.76. The van der Waals surface area contributed by atoms with Crippen molar-refractivity contribution in [1.29, 1.82) is 0 Å². The molecule has 0 spiro atoms. The van der Waals surface area contributed by atoms with Crippen LogP contribution in [0.1, 0.15) is 12.8 Å². The van der Waals surface area contributed by atoms with Gasteiger partial charge in [0.05, 0.1) is 6.54 Å². The van der Waals surface area contributed by atoms with Gasteiger partial charge < -0.3 is 9.73 Å². The van der Waals surface area contributed by atoms with Crippen LogP contribution >= 0.6 is 0 Å². The summed E-state index contributed by atoms with van der Waals surface area (Å²) in [4.78, 5) is 0. The summed E-state index contributed by atoms with van der Waals surface area (Å²) < 4.78 is 18.1. The third-order valence-electron chi connectivity index (χ3n) is 2.08. The van der Waals surface area contributed by atoms with Crippen molar-refractivity contribution in [3.05, 3.63) is 36.0 Å². The third kappa shape index (κ3) is 2.43. The van der Waals surface area contributed by atoms with Gasteiger partial charge in [0.2, 0.25) is 11.8 Å². The molecule has 2 aromatic rings.